The van der Waals surface area contributed by atoms with E-state index in [1.54, 1.807) is 12.1 Å². The first-order valence-corrected chi connectivity index (χ1v) is 5.66. The molecule has 0 unspecified atom stereocenters. The highest BCUT2D eigenvalue weighted by molar-refractivity contribution is 5.81. The number of phenolic OH excluding ortho intramolecular Hbond substituents is 1. The Morgan fingerprint density at radius 2 is 2.05 bits per heavy atom. The van der Waals surface area contributed by atoms with E-state index < -0.39 is 5.82 Å². The van der Waals surface area contributed by atoms with Crippen LogP contribution in [-0.4, -0.2) is 19.7 Å². The predicted molar refractivity (Wildman–Crippen MR) is 69.2 cm³/mol. The third-order valence-electron chi connectivity index (χ3n) is 2.97. The Hall–Kier alpha value is -2.63. The Morgan fingerprint density at radius 3 is 2.79 bits per heavy atom. The smallest absolute Gasteiger partial charge is 0.225 e. The summed E-state index contributed by atoms with van der Waals surface area (Å²) in [7, 11) is 0. The fourth-order valence-electron chi connectivity index (χ4n) is 2.05. The lowest BCUT2D eigenvalue weighted by atomic mass is 10.1. The average molecular weight is 258 g/mol. The van der Waals surface area contributed by atoms with Gasteiger partial charge in [0.05, 0.1) is 0 Å². The molecule has 0 saturated heterocycles. The molecule has 6 heteroatoms. The number of benzene rings is 1. The lowest BCUT2D eigenvalue weighted by molar-refractivity contribution is 0.476. The Morgan fingerprint density at radius 1 is 1.26 bits per heavy atom. The van der Waals surface area contributed by atoms with E-state index in [0.29, 0.717) is 5.56 Å². The summed E-state index contributed by atoms with van der Waals surface area (Å²) < 4.78 is 15.3. The van der Waals surface area contributed by atoms with Gasteiger partial charge in [-0.05, 0) is 30.7 Å². The van der Waals surface area contributed by atoms with Crippen LogP contribution in [0.1, 0.15) is 5.56 Å². The second-order valence-corrected chi connectivity index (χ2v) is 4.31. The molecule has 2 aromatic heterocycles. The number of anilines is 1. The van der Waals surface area contributed by atoms with Crippen molar-refractivity contribution < 1.29 is 9.50 Å². The molecule has 5 nitrogen and oxygen atoms in total. The number of aryl methyl sites for hydroxylation is 1. The summed E-state index contributed by atoms with van der Waals surface area (Å²) in [6.07, 6.45) is 1.48. The van der Waals surface area contributed by atoms with Crippen LogP contribution < -0.4 is 5.73 Å². The normalized spacial score (nSPS) is 11.1. The SMILES string of the molecule is Cc1ccc(-c2nnc(N)n3ccc(F)c23)c(O)c1. The van der Waals surface area contributed by atoms with Crippen LogP contribution in [0, 0.1) is 12.7 Å². The molecule has 0 amide bonds. The van der Waals surface area contributed by atoms with Crippen molar-refractivity contribution in [3.8, 4) is 17.0 Å². The van der Waals surface area contributed by atoms with Crippen molar-refractivity contribution in [1.82, 2.24) is 14.6 Å². The van der Waals surface area contributed by atoms with Gasteiger partial charge in [0.1, 0.15) is 17.0 Å². The Balaban J connectivity index is 2.37. The maximum Gasteiger partial charge on any atom is 0.225 e. The van der Waals surface area contributed by atoms with Gasteiger partial charge in [-0.1, -0.05) is 6.07 Å². The van der Waals surface area contributed by atoms with Crippen LogP contribution in [-0.2, 0) is 0 Å². The lowest BCUT2D eigenvalue weighted by Gasteiger charge is -2.08. The maximum atomic E-state index is 13.9. The molecule has 3 rings (SSSR count). The van der Waals surface area contributed by atoms with Gasteiger partial charge in [-0.25, -0.2) is 4.39 Å². The van der Waals surface area contributed by atoms with Crippen molar-refractivity contribution in [1.29, 1.82) is 0 Å². The number of hydrogen-bond donors (Lipinski definition) is 2. The zero-order chi connectivity index (χ0) is 13.6. The number of nitrogen functional groups attached to an aromatic ring is 1. The Labute approximate surface area is 108 Å². The molecule has 0 aliphatic carbocycles. The second-order valence-electron chi connectivity index (χ2n) is 4.31. The van der Waals surface area contributed by atoms with E-state index in [2.05, 4.69) is 10.2 Å². The van der Waals surface area contributed by atoms with Gasteiger partial charge in [0.25, 0.3) is 0 Å². The topological polar surface area (TPSA) is 76.4 Å². The molecule has 3 N–H and O–H groups in total. The standard InChI is InChI=1S/C13H11FN4O/c1-7-2-3-8(10(19)6-7)11-12-9(14)4-5-18(12)13(15)17-16-11/h2-6,19H,1H3,(H2,15,17). The van der Waals surface area contributed by atoms with Crippen LogP contribution in [0.2, 0.25) is 0 Å². The van der Waals surface area contributed by atoms with Crippen molar-refractivity contribution in [2.45, 2.75) is 6.92 Å². The number of phenols is 1. The van der Waals surface area contributed by atoms with Crippen LogP contribution in [0.3, 0.4) is 0 Å². The van der Waals surface area contributed by atoms with E-state index >= 15 is 0 Å². The van der Waals surface area contributed by atoms with Gasteiger partial charge in [0, 0.05) is 11.8 Å². The third-order valence-corrected chi connectivity index (χ3v) is 2.97. The Kier molecular flexibility index (Phi) is 2.38. The van der Waals surface area contributed by atoms with Crippen LogP contribution in [0.4, 0.5) is 10.3 Å². The number of aromatic hydroxyl groups is 1. The summed E-state index contributed by atoms with van der Waals surface area (Å²) in [6, 6.07) is 6.36. The molecular weight excluding hydrogens is 247 g/mol. The first-order chi connectivity index (χ1) is 9.08. The molecular formula is C13H11FN4O. The van der Waals surface area contributed by atoms with Gasteiger partial charge in [-0.3, -0.25) is 4.40 Å². The summed E-state index contributed by atoms with van der Waals surface area (Å²) in [5, 5.41) is 17.6. The van der Waals surface area contributed by atoms with E-state index in [1.807, 2.05) is 13.0 Å². The van der Waals surface area contributed by atoms with E-state index in [9.17, 15) is 9.50 Å². The molecule has 3 aromatic rings. The monoisotopic (exact) mass is 258 g/mol. The van der Waals surface area contributed by atoms with Gasteiger partial charge in [0.15, 0.2) is 5.82 Å². The molecule has 2 heterocycles. The highest BCUT2D eigenvalue weighted by Crippen LogP contribution is 2.32. The van der Waals surface area contributed by atoms with Gasteiger partial charge in [0.2, 0.25) is 5.95 Å². The van der Waals surface area contributed by atoms with Crippen molar-refractivity contribution in [2.75, 3.05) is 5.73 Å². The largest absolute Gasteiger partial charge is 0.507 e. The average Bonchev–Trinajstić information content (AvgIpc) is 2.75. The molecule has 0 aliphatic heterocycles. The molecule has 1 aromatic carbocycles. The first kappa shape index (κ1) is 11.5. The van der Waals surface area contributed by atoms with Crippen LogP contribution in [0.15, 0.2) is 30.5 Å². The van der Waals surface area contributed by atoms with Crippen molar-refractivity contribution in [3.05, 3.63) is 41.8 Å². The second kappa shape index (κ2) is 3.94. The van der Waals surface area contributed by atoms with Crippen LogP contribution in [0.5, 0.6) is 5.75 Å². The van der Waals surface area contributed by atoms with Crippen LogP contribution in [0.25, 0.3) is 16.8 Å². The van der Waals surface area contributed by atoms with Gasteiger partial charge >= 0.3 is 0 Å². The highest BCUT2D eigenvalue weighted by Gasteiger charge is 2.16. The Bertz CT molecular complexity index is 782. The van der Waals surface area contributed by atoms with E-state index in [-0.39, 0.29) is 22.9 Å². The minimum absolute atomic E-state index is 0.0292. The summed E-state index contributed by atoms with van der Waals surface area (Å²) in [4.78, 5) is 0. The third kappa shape index (κ3) is 1.69. The van der Waals surface area contributed by atoms with Gasteiger partial charge in [-0.15, -0.1) is 10.2 Å². The van der Waals surface area contributed by atoms with Crippen molar-refractivity contribution in [3.63, 3.8) is 0 Å². The van der Waals surface area contributed by atoms with Crippen molar-refractivity contribution in [2.24, 2.45) is 0 Å². The van der Waals surface area contributed by atoms with E-state index in [0.717, 1.165) is 5.56 Å². The summed E-state index contributed by atoms with van der Waals surface area (Å²) in [5.74, 6) is -0.340. The molecule has 0 bridgehead atoms. The minimum atomic E-state index is -0.462. The fraction of sp³-hybridized carbons (Fsp3) is 0.0769. The van der Waals surface area contributed by atoms with Gasteiger partial charge < -0.3 is 10.8 Å². The maximum absolute atomic E-state index is 13.9. The first-order valence-electron chi connectivity index (χ1n) is 5.66. The molecule has 19 heavy (non-hydrogen) atoms. The number of hydrogen-bond acceptors (Lipinski definition) is 4. The summed E-state index contributed by atoms with van der Waals surface area (Å²) in [6.45, 7) is 1.85. The van der Waals surface area contributed by atoms with E-state index in [1.165, 1.54) is 16.7 Å². The lowest BCUT2D eigenvalue weighted by Crippen LogP contribution is -2.04. The zero-order valence-corrected chi connectivity index (χ0v) is 10.1. The zero-order valence-electron chi connectivity index (χ0n) is 10.1. The molecule has 96 valence electrons. The number of aromatic nitrogens is 3. The number of rotatable bonds is 1. The molecule has 0 radical (unpaired) electrons. The number of halogens is 1. The quantitative estimate of drug-likeness (QED) is 0.701. The molecule has 0 saturated carbocycles. The fourth-order valence-corrected chi connectivity index (χ4v) is 2.05. The number of fused-ring (bicyclic) bond motifs is 1. The molecule has 0 atom stereocenters. The summed E-state index contributed by atoms with van der Waals surface area (Å²) >= 11 is 0. The molecule has 0 fully saturated rings. The van der Waals surface area contributed by atoms with Gasteiger partial charge in [-0.2, -0.15) is 0 Å². The minimum Gasteiger partial charge on any atom is -0.507 e. The summed E-state index contributed by atoms with van der Waals surface area (Å²) in [5.41, 5.74) is 7.41. The van der Waals surface area contributed by atoms with E-state index in [4.69, 9.17) is 5.73 Å². The van der Waals surface area contributed by atoms with Crippen molar-refractivity contribution >= 4 is 11.5 Å². The number of nitrogens with two attached hydrogens (primary N) is 1. The number of nitrogens with zero attached hydrogens (tertiary/aromatic N) is 3. The highest BCUT2D eigenvalue weighted by atomic mass is 19.1. The predicted octanol–water partition coefficient (Wildman–Crippen LogP) is 2.13. The molecule has 0 spiro atoms. The molecule has 0 aliphatic rings. The van der Waals surface area contributed by atoms with Crippen LogP contribution >= 0.6 is 0 Å².